The molecule has 1 saturated heterocycles. The van der Waals surface area contributed by atoms with E-state index in [1.165, 1.54) is 12.1 Å². The van der Waals surface area contributed by atoms with Crippen molar-refractivity contribution in [3.63, 3.8) is 0 Å². The van der Waals surface area contributed by atoms with Crippen molar-refractivity contribution in [2.45, 2.75) is 95.9 Å². The Balaban J connectivity index is 1.99. The quantitative estimate of drug-likeness (QED) is 0.124. The van der Waals surface area contributed by atoms with Gasteiger partial charge in [0.05, 0.1) is 0 Å². The number of aliphatic hydroxyl groups excluding tert-OH is 4. The number of hydrogen-bond acceptors (Lipinski definition) is 13. The van der Waals surface area contributed by atoms with Crippen molar-refractivity contribution in [3.8, 4) is 5.75 Å². The van der Waals surface area contributed by atoms with Crippen LogP contribution in [-0.2, 0) is 35.0 Å². The van der Waals surface area contributed by atoms with Crippen molar-refractivity contribution in [1.29, 1.82) is 0 Å². The Kier molecular flexibility index (Phi) is 12.1. The van der Waals surface area contributed by atoms with E-state index in [0.29, 0.717) is 5.56 Å². The van der Waals surface area contributed by atoms with Crippen LogP contribution in [0.5, 0.6) is 5.75 Å². The number of amides is 2. The number of esters is 1. The minimum Gasteiger partial charge on any atom is -0.461 e. The van der Waals surface area contributed by atoms with Crippen LogP contribution in [0.2, 0.25) is 0 Å². The zero-order chi connectivity index (χ0) is 31.8. The van der Waals surface area contributed by atoms with E-state index in [1.54, 1.807) is 53.7 Å². The number of aliphatic hydroxyl groups is 4. The van der Waals surface area contributed by atoms with Gasteiger partial charge in [0, 0.05) is 6.42 Å². The number of carbonyl (C=O) groups excluding carboxylic acids is 4. The lowest BCUT2D eigenvalue weighted by Gasteiger charge is -2.37. The molecule has 1 fully saturated rings. The number of benzene rings is 1. The van der Waals surface area contributed by atoms with E-state index < -0.39 is 85.2 Å². The largest absolute Gasteiger partial charge is 0.514 e. The molecule has 6 atom stereocenters. The van der Waals surface area contributed by atoms with Crippen molar-refractivity contribution >= 4 is 24.1 Å². The van der Waals surface area contributed by atoms with Gasteiger partial charge in [-0.15, -0.1) is 0 Å². The highest BCUT2D eigenvalue weighted by atomic mass is 16.7. The molecule has 1 heterocycles. The Hall–Kier alpha value is -3.50. The molecule has 15 nitrogen and oxygen atoms in total. The maximum Gasteiger partial charge on any atom is 0.514 e. The van der Waals surface area contributed by atoms with E-state index in [4.69, 9.17) is 23.7 Å². The number of hydrogen-bond donors (Lipinski definition) is 6. The van der Waals surface area contributed by atoms with Crippen LogP contribution < -0.4 is 15.4 Å². The molecule has 15 heteroatoms. The Morgan fingerprint density at radius 2 is 1.48 bits per heavy atom. The summed E-state index contributed by atoms with van der Waals surface area (Å²) in [5, 5.41) is 43.6. The molecular weight excluding hydrogens is 560 g/mol. The Labute approximate surface area is 243 Å². The minimum atomic E-state index is -1.80. The van der Waals surface area contributed by atoms with Crippen molar-refractivity contribution in [2.24, 2.45) is 0 Å². The highest BCUT2D eigenvalue weighted by Crippen LogP contribution is 2.20. The molecule has 2 amide bonds. The van der Waals surface area contributed by atoms with E-state index in [-0.39, 0.29) is 12.2 Å². The molecule has 0 spiro atoms. The smallest absolute Gasteiger partial charge is 0.461 e. The second kappa shape index (κ2) is 14.6. The number of ether oxygens (including phenoxy) is 5. The third-order valence-corrected chi connectivity index (χ3v) is 5.46. The van der Waals surface area contributed by atoms with Gasteiger partial charge in [0.2, 0.25) is 5.91 Å². The molecule has 6 N–H and O–H groups in total. The van der Waals surface area contributed by atoms with E-state index in [9.17, 15) is 39.6 Å². The average Bonchev–Trinajstić information content (AvgIpc) is 2.85. The first-order valence-electron chi connectivity index (χ1n) is 13.1. The summed E-state index contributed by atoms with van der Waals surface area (Å²) in [6, 6.07) is 4.91. The molecule has 1 aliphatic heterocycles. The Bertz CT molecular complexity index is 1080. The van der Waals surface area contributed by atoms with Crippen LogP contribution in [0.25, 0.3) is 0 Å². The first-order chi connectivity index (χ1) is 19.3. The van der Waals surface area contributed by atoms with Crippen LogP contribution in [0, 0.1) is 0 Å². The lowest BCUT2D eigenvalue weighted by Crippen LogP contribution is -2.58. The summed E-state index contributed by atoms with van der Waals surface area (Å²) in [7, 11) is 0. The molecule has 0 saturated carbocycles. The van der Waals surface area contributed by atoms with Crippen LogP contribution in [0.15, 0.2) is 24.3 Å². The molecule has 1 aromatic rings. The van der Waals surface area contributed by atoms with Gasteiger partial charge in [-0.05, 0) is 59.2 Å². The summed E-state index contributed by atoms with van der Waals surface area (Å²) in [5.74, 6) is -1.51. The second-order valence-corrected chi connectivity index (χ2v) is 11.6. The maximum atomic E-state index is 12.9. The van der Waals surface area contributed by atoms with Gasteiger partial charge in [0.15, 0.2) is 6.29 Å². The molecule has 0 radical (unpaired) electrons. The second-order valence-electron chi connectivity index (χ2n) is 11.6. The Morgan fingerprint density at radius 1 is 0.881 bits per heavy atom. The van der Waals surface area contributed by atoms with Gasteiger partial charge in [-0.3, -0.25) is 9.59 Å². The summed E-state index contributed by atoms with van der Waals surface area (Å²) in [6.07, 6.45) is -10.0. The fraction of sp³-hybridized carbons (Fsp3) is 0.630. The third kappa shape index (κ3) is 11.8. The number of rotatable bonds is 9. The molecule has 236 valence electrons. The lowest BCUT2D eigenvalue weighted by molar-refractivity contribution is -0.287. The topological polar surface area (TPSA) is 219 Å². The third-order valence-electron chi connectivity index (χ3n) is 5.46. The molecular formula is C27H40N2O13. The van der Waals surface area contributed by atoms with E-state index in [1.807, 2.05) is 0 Å². The monoisotopic (exact) mass is 600 g/mol. The first kappa shape index (κ1) is 34.7. The van der Waals surface area contributed by atoms with Gasteiger partial charge in [0.1, 0.15) is 60.6 Å². The molecule has 2 unspecified atom stereocenters. The van der Waals surface area contributed by atoms with Crippen molar-refractivity contribution in [3.05, 3.63) is 29.8 Å². The van der Waals surface area contributed by atoms with Crippen LogP contribution in [0.3, 0.4) is 0 Å². The zero-order valence-corrected chi connectivity index (χ0v) is 24.4. The normalized spacial score (nSPS) is 23.2. The van der Waals surface area contributed by atoms with Gasteiger partial charge in [0.25, 0.3) is 0 Å². The van der Waals surface area contributed by atoms with E-state index in [2.05, 4.69) is 10.6 Å². The summed E-state index contributed by atoms with van der Waals surface area (Å²) in [6.45, 7) is 8.79. The van der Waals surface area contributed by atoms with Crippen LogP contribution >= 0.6 is 0 Å². The van der Waals surface area contributed by atoms with Crippen molar-refractivity contribution in [2.75, 3.05) is 13.2 Å². The minimum absolute atomic E-state index is 0.0347. The highest BCUT2D eigenvalue weighted by molar-refractivity contribution is 5.88. The number of nitrogens with one attached hydrogen (secondary N) is 2. The standard InChI is InChI=1S/C27H40N2O13/c1-26(2,3)41-24(36)29-16(11-14-7-9-15(10-8-14)39-25(37)42-27(4,5)6)22(34)28-12-18(30)38-13-17-19(31)20(32)21(33)23(35)40-17/h7-10,16-17,19-21,23,31-33,35H,11-13H2,1-6H3,(H,28,34)(H,29,36)/t16?,17-,19-,20+,21-,23?/m1/s1. The maximum absolute atomic E-state index is 12.9. The molecule has 2 rings (SSSR count). The SMILES string of the molecule is CC(C)(C)OC(=O)NC(Cc1ccc(OC(=O)OC(C)(C)C)cc1)C(=O)NCC(=O)OC[C@H]1OC(O)[C@H](O)[C@@H](O)[C@@H]1O. The summed E-state index contributed by atoms with van der Waals surface area (Å²) >= 11 is 0. The predicted octanol–water partition coefficient (Wildman–Crippen LogP) is -0.104. The van der Waals surface area contributed by atoms with Crippen LogP contribution in [0.1, 0.15) is 47.1 Å². The average molecular weight is 601 g/mol. The van der Waals surface area contributed by atoms with Crippen LogP contribution in [-0.4, -0.2) is 106 Å². The fourth-order valence-corrected chi connectivity index (χ4v) is 3.53. The van der Waals surface area contributed by atoms with Gasteiger partial charge < -0.3 is 54.7 Å². The predicted molar refractivity (Wildman–Crippen MR) is 143 cm³/mol. The van der Waals surface area contributed by atoms with Crippen LogP contribution in [0.4, 0.5) is 9.59 Å². The van der Waals surface area contributed by atoms with Crippen molar-refractivity contribution in [1.82, 2.24) is 10.6 Å². The molecule has 1 aliphatic rings. The molecule has 42 heavy (non-hydrogen) atoms. The van der Waals surface area contributed by atoms with E-state index in [0.717, 1.165) is 0 Å². The highest BCUT2D eigenvalue weighted by Gasteiger charge is 2.43. The fourth-order valence-electron chi connectivity index (χ4n) is 3.53. The zero-order valence-electron chi connectivity index (χ0n) is 24.4. The van der Waals surface area contributed by atoms with Gasteiger partial charge >= 0.3 is 18.2 Å². The van der Waals surface area contributed by atoms with Gasteiger partial charge in [-0.1, -0.05) is 12.1 Å². The van der Waals surface area contributed by atoms with Gasteiger partial charge in [-0.2, -0.15) is 0 Å². The molecule has 0 aliphatic carbocycles. The summed E-state index contributed by atoms with van der Waals surface area (Å²) in [4.78, 5) is 49.5. The molecule has 1 aromatic carbocycles. The molecule has 0 bridgehead atoms. The number of carbonyl (C=O) groups is 4. The summed E-state index contributed by atoms with van der Waals surface area (Å²) < 4.78 is 25.3. The molecule has 0 aromatic heterocycles. The van der Waals surface area contributed by atoms with Crippen molar-refractivity contribution < 1.29 is 63.3 Å². The van der Waals surface area contributed by atoms with E-state index >= 15 is 0 Å². The Morgan fingerprint density at radius 3 is 2.05 bits per heavy atom. The lowest BCUT2D eigenvalue weighted by atomic mass is 9.99. The summed E-state index contributed by atoms with van der Waals surface area (Å²) in [5.41, 5.74) is -1.02. The first-order valence-corrected chi connectivity index (χ1v) is 13.1. The van der Waals surface area contributed by atoms with Gasteiger partial charge in [-0.25, -0.2) is 9.59 Å². The number of alkyl carbamates (subject to hydrolysis) is 1.